The molecule has 0 aromatic heterocycles. The highest BCUT2D eigenvalue weighted by Gasteiger charge is 2.06. The maximum Gasteiger partial charge on any atom is 0.226 e. The Labute approximate surface area is 110 Å². The van der Waals surface area contributed by atoms with Crippen molar-refractivity contribution in [3.8, 4) is 0 Å². The highest BCUT2D eigenvalue weighted by molar-refractivity contribution is 5.92. The monoisotopic (exact) mass is 248 g/mol. The predicted octanol–water partition coefficient (Wildman–Crippen LogP) is 3.74. The van der Waals surface area contributed by atoms with Crippen LogP contribution in [0.1, 0.15) is 34.1 Å². The van der Waals surface area contributed by atoms with E-state index in [-0.39, 0.29) is 11.8 Å². The van der Waals surface area contributed by atoms with Crippen molar-refractivity contribution in [1.29, 1.82) is 0 Å². The lowest BCUT2D eigenvalue weighted by molar-refractivity contribution is -0.118. The highest BCUT2D eigenvalue weighted by Crippen LogP contribution is 2.16. The average Bonchev–Trinajstić information content (AvgIpc) is 2.28. The van der Waals surface area contributed by atoms with Gasteiger partial charge in [-0.1, -0.05) is 33.8 Å². The fraction of sp³-hybridized carbons (Fsp3) is 0.533. The summed E-state index contributed by atoms with van der Waals surface area (Å²) in [6.45, 7) is 9.15. The molecule has 1 aromatic carbocycles. The molecule has 0 fully saturated rings. The van der Waals surface area contributed by atoms with Crippen LogP contribution in [-0.4, -0.2) is 12.5 Å². The van der Waals surface area contributed by atoms with Gasteiger partial charge in [-0.25, -0.2) is 0 Å². The molecule has 1 aromatic rings. The Balaban J connectivity index is 2.54. The number of hydrogen-bond acceptors (Lipinski definition) is 2. The van der Waals surface area contributed by atoms with Crippen LogP contribution in [0.2, 0.25) is 0 Å². The van der Waals surface area contributed by atoms with Crippen LogP contribution in [0.3, 0.4) is 0 Å². The molecule has 18 heavy (non-hydrogen) atoms. The van der Waals surface area contributed by atoms with Crippen LogP contribution >= 0.6 is 0 Å². The lowest BCUT2D eigenvalue weighted by Crippen LogP contribution is -2.17. The van der Waals surface area contributed by atoms with Gasteiger partial charge in [-0.05, 0) is 30.5 Å². The van der Waals surface area contributed by atoms with Crippen molar-refractivity contribution < 1.29 is 4.79 Å². The zero-order chi connectivity index (χ0) is 13.5. The van der Waals surface area contributed by atoms with Crippen molar-refractivity contribution in [1.82, 2.24) is 0 Å². The summed E-state index contributed by atoms with van der Waals surface area (Å²) in [7, 11) is 0. The second kappa shape index (κ2) is 7.04. The summed E-state index contributed by atoms with van der Waals surface area (Å²) in [4.78, 5) is 11.6. The molecule has 100 valence electrons. The van der Waals surface area contributed by atoms with E-state index in [9.17, 15) is 4.79 Å². The first kappa shape index (κ1) is 14.6. The molecule has 3 heteroatoms. The fourth-order valence-electron chi connectivity index (χ4n) is 1.50. The Bertz CT molecular complexity index is 386. The molecule has 0 bridgehead atoms. The van der Waals surface area contributed by atoms with Crippen LogP contribution in [0.4, 0.5) is 11.4 Å². The molecule has 0 heterocycles. The van der Waals surface area contributed by atoms with E-state index in [0.29, 0.717) is 5.92 Å². The topological polar surface area (TPSA) is 41.1 Å². The minimum atomic E-state index is 0.00237. The molecule has 2 N–H and O–H groups in total. The first-order valence-corrected chi connectivity index (χ1v) is 6.64. The minimum absolute atomic E-state index is 0.00237. The number of anilines is 2. The van der Waals surface area contributed by atoms with Crippen LogP contribution in [0.15, 0.2) is 24.3 Å². The first-order valence-electron chi connectivity index (χ1n) is 6.64. The summed E-state index contributed by atoms with van der Waals surface area (Å²) >= 11 is 0. The third-order valence-electron chi connectivity index (χ3n) is 2.71. The van der Waals surface area contributed by atoms with Crippen molar-refractivity contribution in [2.45, 2.75) is 34.1 Å². The number of amides is 1. The molecule has 0 spiro atoms. The molecule has 0 aliphatic carbocycles. The van der Waals surface area contributed by atoms with Crippen LogP contribution in [0.5, 0.6) is 0 Å². The molecular formula is C15H24N2O. The van der Waals surface area contributed by atoms with Crippen LogP contribution in [0, 0.1) is 11.8 Å². The summed E-state index contributed by atoms with van der Waals surface area (Å²) in [5, 5.41) is 6.27. The van der Waals surface area contributed by atoms with Crippen molar-refractivity contribution in [2.24, 2.45) is 11.8 Å². The van der Waals surface area contributed by atoms with E-state index in [1.165, 1.54) is 0 Å². The second-order valence-electron chi connectivity index (χ2n) is 5.33. The molecule has 1 amide bonds. The van der Waals surface area contributed by atoms with Crippen molar-refractivity contribution in [2.75, 3.05) is 17.2 Å². The molecule has 0 atom stereocenters. The number of rotatable bonds is 6. The number of benzene rings is 1. The van der Waals surface area contributed by atoms with E-state index in [2.05, 4.69) is 24.5 Å². The average molecular weight is 248 g/mol. The quantitative estimate of drug-likeness (QED) is 0.805. The Morgan fingerprint density at radius 3 is 2.44 bits per heavy atom. The largest absolute Gasteiger partial charge is 0.385 e. The predicted molar refractivity (Wildman–Crippen MR) is 77.9 cm³/mol. The van der Waals surface area contributed by atoms with E-state index in [0.717, 1.165) is 24.3 Å². The lowest BCUT2D eigenvalue weighted by Gasteiger charge is -2.11. The highest BCUT2D eigenvalue weighted by atomic mass is 16.1. The zero-order valence-electron chi connectivity index (χ0n) is 11.8. The molecule has 1 rings (SSSR count). The van der Waals surface area contributed by atoms with Gasteiger partial charge in [0.05, 0.1) is 0 Å². The zero-order valence-corrected chi connectivity index (χ0v) is 11.8. The molecule has 3 nitrogen and oxygen atoms in total. The molecule has 0 saturated carbocycles. The van der Waals surface area contributed by atoms with E-state index >= 15 is 0 Å². The number of carbonyl (C=O) groups is 1. The van der Waals surface area contributed by atoms with Crippen LogP contribution in [0.25, 0.3) is 0 Å². The van der Waals surface area contributed by atoms with Crippen molar-refractivity contribution in [3.05, 3.63) is 24.3 Å². The van der Waals surface area contributed by atoms with E-state index in [1.54, 1.807) is 0 Å². The van der Waals surface area contributed by atoms with Gasteiger partial charge in [-0.15, -0.1) is 0 Å². The maximum absolute atomic E-state index is 11.6. The van der Waals surface area contributed by atoms with Crippen molar-refractivity contribution >= 4 is 17.3 Å². The summed E-state index contributed by atoms with van der Waals surface area (Å²) in [5.74, 6) is 0.748. The van der Waals surface area contributed by atoms with Gasteiger partial charge in [-0.3, -0.25) is 4.79 Å². The lowest BCUT2D eigenvalue weighted by atomic mass is 10.1. The fourth-order valence-corrected chi connectivity index (χ4v) is 1.50. The van der Waals surface area contributed by atoms with Gasteiger partial charge >= 0.3 is 0 Å². The Hall–Kier alpha value is -1.51. The molecule has 0 saturated heterocycles. The molecule has 0 aliphatic heterocycles. The summed E-state index contributed by atoms with van der Waals surface area (Å²) in [6, 6.07) is 7.85. The summed E-state index contributed by atoms with van der Waals surface area (Å²) in [5.41, 5.74) is 1.90. The van der Waals surface area contributed by atoms with Gasteiger partial charge in [0, 0.05) is 23.8 Å². The third-order valence-corrected chi connectivity index (χ3v) is 2.71. The van der Waals surface area contributed by atoms with Gasteiger partial charge in [0.25, 0.3) is 0 Å². The van der Waals surface area contributed by atoms with Gasteiger partial charge in [-0.2, -0.15) is 0 Å². The van der Waals surface area contributed by atoms with E-state index in [1.807, 2.05) is 38.1 Å². The van der Waals surface area contributed by atoms with Crippen LogP contribution < -0.4 is 10.6 Å². The first-order chi connectivity index (χ1) is 8.49. The second-order valence-corrected chi connectivity index (χ2v) is 5.33. The Morgan fingerprint density at radius 2 is 1.83 bits per heavy atom. The van der Waals surface area contributed by atoms with E-state index in [4.69, 9.17) is 0 Å². The van der Waals surface area contributed by atoms with Gasteiger partial charge in [0.1, 0.15) is 0 Å². The minimum Gasteiger partial charge on any atom is -0.385 e. The van der Waals surface area contributed by atoms with Crippen LogP contribution in [-0.2, 0) is 4.79 Å². The molecular weight excluding hydrogens is 224 g/mol. The summed E-state index contributed by atoms with van der Waals surface area (Å²) in [6.07, 6.45) is 1.14. The molecule has 0 aliphatic rings. The maximum atomic E-state index is 11.6. The van der Waals surface area contributed by atoms with Gasteiger partial charge < -0.3 is 10.6 Å². The summed E-state index contributed by atoms with van der Waals surface area (Å²) < 4.78 is 0. The number of carbonyl (C=O) groups excluding carboxylic acids is 1. The Kier molecular flexibility index (Phi) is 5.69. The van der Waals surface area contributed by atoms with Gasteiger partial charge in [0.2, 0.25) is 5.91 Å². The molecule has 0 radical (unpaired) electrons. The normalized spacial score (nSPS) is 10.8. The van der Waals surface area contributed by atoms with E-state index < -0.39 is 0 Å². The number of hydrogen-bond donors (Lipinski definition) is 2. The number of nitrogens with one attached hydrogen (secondary N) is 2. The van der Waals surface area contributed by atoms with Gasteiger partial charge in [0.15, 0.2) is 0 Å². The standard InChI is InChI=1S/C15H24N2O/c1-11(2)8-9-16-13-6-5-7-14(10-13)17-15(18)12(3)4/h5-7,10-12,16H,8-9H2,1-4H3,(H,17,18). The van der Waals surface area contributed by atoms with Crippen molar-refractivity contribution in [3.63, 3.8) is 0 Å². The third kappa shape index (κ3) is 5.21. The smallest absolute Gasteiger partial charge is 0.226 e. The molecule has 0 unspecified atom stereocenters. The SMILES string of the molecule is CC(C)CCNc1cccc(NC(=O)C(C)C)c1. The Morgan fingerprint density at radius 1 is 1.17 bits per heavy atom.